The highest BCUT2D eigenvalue weighted by molar-refractivity contribution is 5.99. The molecule has 3 aromatic rings. The fourth-order valence-corrected chi connectivity index (χ4v) is 3.16. The van der Waals surface area contributed by atoms with Crippen molar-refractivity contribution < 1.29 is 18.7 Å². The number of methoxy groups -OCH3 is 1. The van der Waals surface area contributed by atoms with Gasteiger partial charge < -0.3 is 24.7 Å². The summed E-state index contributed by atoms with van der Waals surface area (Å²) in [6, 6.07) is 13.3. The topological polar surface area (TPSA) is 101 Å². The monoisotopic (exact) mass is 423 g/mol. The quantitative estimate of drug-likeness (QED) is 0.565. The average Bonchev–Trinajstić information content (AvgIpc) is 2.77. The lowest BCUT2D eigenvalue weighted by Gasteiger charge is -2.23. The van der Waals surface area contributed by atoms with Gasteiger partial charge in [-0.15, -0.1) is 0 Å². The zero-order valence-corrected chi connectivity index (χ0v) is 17.9. The SMILES string of the molecule is CCC(=O)N[C@@H](C)C(=O)Nc1cc(N(C)c2cc(=O)oc3ccccc23)ccc1OC. The Morgan fingerprint density at radius 1 is 1.16 bits per heavy atom. The summed E-state index contributed by atoms with van der Waals surface area (Å²) in [6.07, 6.45) is 0.292. The van der Waals surface area contributed by atoms with Crippen LogP contribution in [0.4, 0.5) is 17.1 Å². The Labute approximate surface area is 179 Å². The summed E-state index contributed by atoms with van der Waals surface area (Å²) in [5.41, 5.74) is 1.86. The van der Waals surface area contributed by atoms with Crippen molar-refractivity contribution in [2.75, 3.05) is 24.4 Å². The summed E-state index contributed by atoms with van der Waals surface area (Å²) in [5, 5.41) is 6.21. The van der Waals surface area contributed by atoms with Crippen molar-refractivity contribution >= 4 is 39.8 Å². The maximum atomic E-state index is 12.6. The number of rotatable bonds is 7. The molecule has 2 N–H and O–H groups in total. The van der Waals surface area contributed by atoms with Gasteiger partial charge in [0.2, 0.25) is 11.8 Å². The fourth-order valence-electron chi connectivity index (χ4n) is 3.16. The molecule has 0 aliphatic heterocycles. The lowest BCUT2D eigenvalue weighted by atomic mass is 10.1. The normalized spacial score (nSPS) is 11.6. The zero-order valence-electron chi connectivity index (χ0n) is 17.9. The molecule has 2 aromatic carbocycles. The molecule has 0 aliphatic rings. The standard InChI is InChI=1S/C23H25N3O5/c1-5-21(27)24-14(2)23(29)25-17-12-15(10-11-20(17)30-4)26(3)18-13-22(28)31-19-9-7-6-8-16(18)19/h6-14H,5H2,1-4H3,(H,24,27)(H,25,29)/t14-/m0/s1. The van der Waals surface area contributed by atoms with Crippen LogP contribution in [0.2, 0.25) is 0 Å². The van der Waals surface area contributed by atoms with Crippen molar-refractivity contribution in [2.45, 2.75) is 26.3 Å². The van der Waals surface area contributed by atoms with Gasteiger partial charge in [-0.25, -0.2) is 4.79 Å². The van der Waals surface area contributed by atoms with E-state index < -0.39 is 11.7 Å². The molecule has 0 aliphatic carbocycles. The Bertz CT molecular complexity index is 1170. The van der Waals surface area contributed by atoms with Gasteiger partial charge in [-0.2, -0.15) is 0 Å². The van der Waals surface area contributed by atoms with Gasteiger partial charge in [0.25, 0.3) is 0 Å². The minimum atomic E-state index is -0.707. The van der Waals surface area contributed by atoms with Crippen molar-refractivity contribution in [3.8, 4) is 5.75 Å². The van der Waals surface area contributed by atoms with E-state index in [4.69, 9.17) is 9.15 Å². The minimum Gasteiger partial charge on any atom is -0.495 e. The molecule has 1 heterocycles. The number of carbonyl (C=O) groups is 2. The van der Waals surface area contributed by atoms with Crippen LogP contribution < -0.4 is 25.9 Å². The first-order valence-electron chi connectivity index (χ1n) is 9.89. The molecule has 0 spiro atoms. The largest absolute Gasteiger partial charge is 0.495 e. The van der Waals surface area contributed by atoms with Crippen molar-refractivity contribution in [3.63, 3.8) is 0 Å². The van der Waals surface area contributed by atoms with Gasteiger partial charge in [-0.3, -0.25) is 9.59 Å². The van der Waals surface area contributed by atoms with Crippen LogP contribution in [0.15, 0.2) is 57.7 Å². The molecule has 1 atom stereocenters. The van der Waals surface area contributed by atoms with E-state index in [9.17, 15) is 14.4 Å². The highest BCUT2D eigenvalue weighted by Crippen LogP contribution is 2.34. The maximum absolute atomic E-state index is 12.6. The van der Waals surface area contributed by atoms with Crippen LogP contribution in [0.3, 0.4) is 0 Å². The molecule has 0 saturated carbocycles. The first-order valence-corrected chi connectivity index (χ1v) is 9.89. The summed E-state index contributed by atoms with van der Waals surface area (Å²) in [6.45, 7) is 3.33. The van der Waals surface area contributed by atoms with E-state index in [-0.39, 0.29) is 11.8 Å². The van der Waals surface area contributed by atoms with Crippen molar-refractivity contribution in [1.82, 2.24) is 5.32 Å². The number of carbonyl (C=O) groups excluding carboxylic acids is 2. The molecule has 162 valence electrons. The number of anilines is 3. The van der Waals surface area contributed by atoms with Crippen LogP contribution in [-0.2, 0) is 9.59 Å². The third kappa shape index (κ3) is 4.85. The highest BCUT2D eigenvalue weighted by Gasteiger charge is 2.18. The third-order valence-corrected chi connectivity index (χ3v) is 4.91. The second kappa shape index (κ2) is 9.34. The Balaban J connectivity index is 1.94. The van der Waals surface area contributed by atoms with E-state index in [0.717, 1.165) is 11.1 Å². The lowest BCUT2D eigenvalue weighted by molar-refractivity contribution is -0.125. The number of para-hydroxylation sites is 1. The predicted octanol–water partition coefficient (Wildman–Crippen LogP) is 3.42. The van der Waals surface area contributed by atoms with Crippen LogP contribution >= 0.6 is 0 Å². The van der Waals surface area contributed by atoms with E-state index in [2.05, 4.69) is 10.6 Å². The van der Waals surface area contributed by atoms with Gasteiger partial charge in [0.1, 0.15) is 17.4 Å². The number of benzene rings is 2. The van der Waals surface area contributed by atoms with Crippen LogP contribution in [-0.4, -0.2) is 32.0 Å². The Kier molecular flexibility index (Phi) is 6.59. The van der Waals surface area contributed by atoms with Gasteiger partial charge in [-0.05, 0) is 37.3 Å². The molecule has 0 fully saturated rings. The molecule has 0 saturated heterocycles. The van der Waals surface area contributed by atoms with Gasteiger partial charge in [0.05, 0.1) is 18.5 Å². The molecule has 3 rings (SSSR count). The highest BCUT2D eigenvalue weighted by atomic mass is 16.5. The number of amides is 2. The van der Waals surface area contributed by atoms with E-state index in [1.165, 1.54) is 13.2 Å². The van der Waals surface area contributed by atoms with E-state index >= 15 is 0 Å². The fraction of sp³-hybridized carbons (Fsp3) is 0.261. The third-order valence-electron chi connectivity index (χ3n) is 4.91. The number of ether oxygens (including phenoxy) is 1. The minimum absolute atomic E-state index is 0.210. The molecule has 2 amide bonds. The molecule has 0 bridgehead atoms. The number of hydrogen-bond acceptors (Lipinski definition) is 6. The first-order chi connectivity index (χ1) is 14.8. The van der Waals surface area contributed by atoms with E-state index in [1.807, 2.05) is 30.1 Å². The van der Waals surface area contributed by atoms with Crippen molar-refractivity contribution in [1.29, 1.82) is 0 Å². The Morgan fingerprint density at radius 2 is 1.90 bits per heavy atom. The van der Waals surface area contributed by atoms with Crippen molar-refractivity contribution in [3.05, 3.63) is 59.0 Å². The van der Waals surface area contributed by atoms with Crippen molar-refractivity contribution in [2.24, 2.45) is 0 Å². The Hall–Kier alpha value is -3.81. The predicted molar refractivity (Wildman–Crippen MR) is 120 cm³/mol. The summed E-state index contributed by atoms with van der Waals surface area (Å²) in [4.78, 5) is 38.0. The lowest BCUT2D eigenvalue weighted by Crippen LogP contribution is -2.41. The summed E-state index contributed by atoms with van der Waals surface area (Å²) in [5.74, 6) is -0.111. The molecule has 0 unspecified atom stereocenters. The number of hydrogen-bond donors (Lipinski definition) is 2. The van der Waals surface area contributed by atoms with E-state index in [1.54, 1.807) is 38.1 Å². The van der Waals surface area contributed by atoms with Gasteiger partial charge in [-0.1, -0.05) is 19.1 Å². The summed E-state index contributed by atoms with van der Waals surface area (Å²) < 4.78 is 10.6. The van der Waals surface area contributed by atoms with Crippen LogP contribution in [0.25, 0.3) is 11.0 Å². The number of nitrogens with zero attached hydrogens (tertiary/aromatic N) is 1. The number of nitrogens with one attached hydrogen (secondary N) is 2. The maximum Gasteiger partial charge on any atom is 0.338 e. The Morgan fingerprint density at radius 3 is 2.61 bits per heavy atom. The van der Waals surface area contributed by atoms with Gasteiger partial charge in [0, 0.05) is 30.6 Å². The van der Waals surface area contributed by atoms with Crippen LogP contribution in [0, 0.1) is 0 Å². The molecule has 31 heavy (non-hydrogen) atoms. The summed E-state index contributed by atoms with van der Waals surface area (Å²) >= 11 is 0. The molecule has 0 radical (unpaired) electrons. The van der Waals surface area contributed by atoms with Gasteiger partial charge in [0.15, 0.2) is 0 Å². The molecular formula is C23H25N3O5. The molecule has 8 heteroatoms. The average molecular weight is 423 g/mol. The molecule has 1 aromatic heterocycles. The summed E-state index contributed by atoms with van der Waals surface area (Å²) in [7, 11) is 3.32. The van der Waals surface area contributed by atoms with Crippen LogP contribution in [0.1, 0.15) is 20.3 Å². The first kappa shape index (κ1) is 21.9. The second-order valence-corrected chi connectivity index (χ2v) is 7.02. The number of fused-ring (bicyclic) bond motifs is 1. The zero-order chi connectivity index (χ0) is 22.5. The molecule has 8 nitrogen and oxygen atoms in total. The van der Waals surface area contributed by atoms with Crippen LogP contribution in [0.5, 0.6) is 5.75 Å². The second-order valence-electron chi connectivity index (χ2n) is 7.02. The van der Waals surface area contributed by atoms with E-state index in [0.29, 0.717) is 29.1 Å². The smallest absolute Gasteiger partial charge is 0.338 e. The molecular weight excluding hydrogens is 398 g/mol. The van der Waals surface area contributed by atoms with Gasteiger partial charge >= 0.3 is 5.63 Å².